The summed E-state index contributed by atoms with van der Waals surface area (Å²) in [6, 6.07) is 7.94. The first-order chi connectivity index (χ1) is 12.9. The lowest BCUT2D eigenvalue weighted by molar-refractivity contribution is 0.0301. The van der Waals surface area contributed by atoms with Gasteiger partial charge in [-0.3, -0.25) is 19.5 Å². The molecule has 27 heavy (non-hydrogen) atoms. The molecule has 8 nitrogen and oxygen atoms in total. The highest BCUT2D eigenvalue weighted by Gasteiger charge is 2.48. The second kappa shape index (κ2) is 6.90. The van der Waals surface area contributed by atoms with Crippen LogP contribution in [0.5, 0.6) is 0 Å². The first-order valence-electron chi connectivity index (χ1n) is 8.78. The lowest BCUT2D eigenvalue weighted by Gasteiger charge is -2.43. The van der Waals surface area contributed by atoms with Crippen LogP contribution in [0.4, 0.5) is 0 Å². The number of aromatic nitrogens is 2. The summed E-state index contributed by atoms with van der Waals surface area (Å²) in [6.07, 6.45) is 3.17. The van der Waals surface area contributed by atoms with Gasteiger partial charge >= 0.3 is 0 Å². The highest BCUT2D eigenvalue weighted by molar-refractivity contribution is 7.91. The fraction of sp³-hybridized carbons (Fsp3) is 0.389. The highest BCUT2D eigenvalue weighted by atomic mass is 32.2. The van der Waals surface area contributed by atoms with Crippen molar-refractivity contribution in [3.05, 3.63) is 64.3 Å². The number of fused-ring (bicyclic) bond motifs is 1. The number of H-pyrrole nitrogens is 1. The van der Waals surface area contributed by atoms with Gasteiger partial charge in [-0.05, 0) is 24.3 Å². The molecule has 9 heteroatoms. The molecule has 0 aromatic carbocycles. The molecule has 2 saturated heterocycles. The van der Waals surface area contributed by atoms with Gasteiger partial charge in [0.1, 0.15) is 5.56 Å². The number of carbonyl (C=O) groups excluding carboxylic acids is 1. The largest absolute Gasteiger partial charge is 0.332 e. The van der Waals surface area contributed by atoms with Crippen LogP contribution >= 0.6 is 0 Å². The van der Waals surface area contributed by atoms with E-state index in [-0.39, 0.29) is 23.1 Å². The van der Waals surface area contributed by atoms with Crippen LogP contribution in [0.25, 0.3) is 0 Å². The fourth-order valence-corrected chi connectivity index (χ4v) is 5.93. The molecule has 142 valence electrons. The molecular weight excluding hydrogens is 368 g/mol. The Morgan fingerprint density at radius 3 is 2.70 bits per heavy atom. The third kappa shape index (κ3) is 3.52. The number of nitrogens with zero attached hydrogens (tertiary/aromatic N) is 3. The third-order valence-corrected chi connectivity index (χ3v) is 6.89. The van der Waals surface area contributed by atoms with Crippen LogP contribution in [0, 0.1) is 0 Å². The number of hydrogen-bond donors (Lipinski definition) is 1. The summed E-state index contributed by atoms with van der Waals surface area (Å²) < 4.78 is 24.6. The molecule has 1 N–H and O–H groups in total. The van der Waals surface area contributed by atoms with E-state index in [4.69, 9.17) is 0 Å². The average molecular weight is 388 g/mol. The van der Waals surface area contributed by atoms with Crippen molar-refractivity contribution in [1.29, 1.82) is 0 Å². The van der Waals surface area contributed by atoms with Crippen LogP contribution in [-0.2, 0) is 16.4 Å². The SMILES string of the molecule is O=C(c1ccc[nH]c1=O)N1CCN(Cc2ccccn2)[C@@H]2CS(=O)(=O)C[C@@H]21. The Morgan fingerprint density at radius 1 is 1.15 bits per heavy atom. The molecule has 1 amide bonds. The molecule has 2 atom stereocenters. The van der Waals surface area contributed by atoms with Crippen LogP contribution in [0.1, 0.15) is 16.1 Å². The minimum Gasteiger partial charge on any atom is -0.332 e. The fourth-order valence-electron chi connectivity index (χ4n) is 3.92. The number of rotatable bonds is 3. The number of aromatic amines is 1. The van der Waals surface area contributed by atoms with Crippen molar-refractivity contribution >= 4 is 15.7 Å². The van der Waals surface area contributed by atoms with Gasteiger partial charge in [0.2, 0.25) is 0 Å². The van der Waals surface area contributed by atoms with Crippen molar-refractivity contribution in [2.75, 3.05) is 24.6 Å². The van der Waals surface area contributed by atoms with Crippen LogP contribution in [0.15, 0.2) is 47.5 Å². The summed E-state index contributed by atoms with van der Waals surface area (Å²) in [4.78, 5) is 35.4. The molecule has 2 aromatic rings. The molecule has 4 rings (SSSR count). The molecule has 2 aliphatic rings. The predicted molar refractivity (Wildman–Crippen MR) is 99.0 cm³/mol. The Kier molecular flexibility index (Phi) is 4.56. The van der Waals surface area contributed by atoms with Gasteiger partial charge in [0.05, 0.1) is 23.2 Å². The topological polar surface area (TPSA) is 103 Å². The zero-order valence-electron chi connectivity index (χ0n) is 14.6. The predicted octanol–water partition coefficient (Wildman–Crippen LogP) is -0.106. The van der Waals surface area contributed by atoms with E-state index in [1.165, 1.54) is 12.3 Å². The van der Waals surface area contributed by atoms with Gasteiger partial charge in [0, 0.05) is 38.1 Å². The maximum Gasteiger partial charge on any atom is 0.260 e. The van der Waals surface area contributed by atoms with E-state index < -0.39 is 27.3 Å². The van der Waals surface area contributed by atoms with Crippen LogP contribution < -0.4 is 5.56 Å². The minimum absolute atomic E-state index is 0.0133. The highest BCUT2D eigenvalue weighted by Crippen LogP contribution is 2.28. The van der Waals surface area contributed by atoms with Crippen LogP contribution in [0.3, 0.4) is 0 Å². The molecule has 0 unspecified atom stereocenters. The summed E-state index contributed by atoms with van der Waals surface area (Å²) in [6.45, 7) is 1.44. The van der Waals surface area contributed by atoms with Gasteiger partial charge in [0.25, 0.3) is 11.5 Å². The van der Waals surface area contributed by atoms with E-state index in [9.17, 15) is 18.0 Å². The summed E-state index contributed by atoms with van der Waals surface area (Å²) in [5.74, 6) is -0.479. The molecule has 2 fully saturated rings. The Morgan fingerprint density at radius 2 is 1.96 bits per heavy atom. The smallest absolute Gasteiger partial charge is 0.260 e. The average Bonchev–Trinajstić information content (AvgIpc) is 2.98. The third-order valence-electron chi connectivity index (χ3n) is 5.19. The lowest BCUT2D eigenvalue weighted by Crippen LogP contribution is -2.60. The van der Waals surface area contributed by atoms with Gasteiger partial charge in [-0.2, -0.15) is 0 Å². The Hall–Kier alpha value is -2.52. The number of hydrogen-bond acceptors (Lipinski definition) is 6. The van der Waals surface area contributed by atoms with Crippen LogP contribution in [0.2, 0.25) is 0 Å². The zero-order chi connectivity index (χ0) is 19.0. The molecule has 0 bridgehead atoms. The Labute approximate surface area is 156 Å². The molecular formula is C18H20N4O4S. The first kappa shape index (κ1) is 17.9. The maximum absolute atomic E-state index is 12.9. The van der Waals surface area contributed by atoms with Gasteiger partial charge in [-0.1, -0.05) is 6.07 Å². The summed E-state index contributed by atoms with van der Waals surface area (Å²) >= 11 is 0. The quantitative estimate of drug-likeness (QED) is 0.787. The number of pyridine rings is 2. The molecule has 0 radical (unpaired) electrons. The lowest BCUT2D eigenvalue weighted by atomic mass is 10.0. The van der Waals surface area contributed by atoms with E-state index in [1.807, 2.05) is 18.2 Å². The van der Waals surface area contributed by atoms with Crippen molar-refractivity contribution in [3.8, 4) is 0 Å². The number of nitrogens with one attached hydrogen (secondary N) is 1. The van der Waals surface area contributed by atoms with Gasteiger partial charge in [0.15, 0.2) is 9.84 Å². The molecule has 4 heterocycles. The van der Waals surface area contributed by atoms with E-state index in [0.29, 0.717) is 19.6 Å². The number of sulfone groups is 1. The van der Waals surface area contributed by atoms with Gasteiger partial charge in [-0.25, -0.2) is 8.42 Å². The van der Waals surface area contributed by atoms with Gasteiger partial charge < -0.3 is 9.88 Å². The van der Waals surface area contributed by atoms with Crippen LogP contribution in [-0.4, -0.2) is 70.8 Å². The maximum atomic E-state index is 12.9. The summed E-state index contributed by atoms with van der Waals surface area (Å²) in [5, 5.41) is 0. The molecule has 0 saturated carbocycles. The number of amides is 1. The van der Waals surface area contributed by atoms with Crippen molar-refractivity contribution in [2.45, 2.75) is 18.6 Å². The van der Waals surface area contributed by atoms with Crippen molar-refractivity contribution in [1.82, 2.24) is 19.8 Å². The van der Waals surface area contributed by atoms with E-state index in [1.54, 1.807) is 17.2 Å². The van der Waals surface area contributed by atoms with Crippen molar-refractivity contribution in [2.24, 2.45) is 0 Å². The van der Waals surface area contributed by atoms with Gasteiger partial charge in [-0.15, -0.1) is 0 Å². The summed E-state index contributed by atoms with van der Waals surface area (Å²) in [7, 11) is -3.25. The second-order valence-corrected chi connectivity index (χ2v) is 9.07. The molecule has 0 spiro atoms. The monoisotopic (exact) mass is 388 g/mol. The zero-order valence-corrected chi connectivity index (χ0v) is 15.4. The van der Waals surface area contributed by atoms with E-state index in [2.05, 4.69) is 14.9 Å². The minimum atomic E-state index is -3.25. The van der Waals surface area contributed by atoms with Crippen molar-refractivity contribution in [3.63, 3.8) is 0 Å². The number of carbonyl (C=O) groups is 1. The van der Waals surface area contributed by atoms with Crippen molar-refractivity contribution < 1.29 is 13.2 Å². The van der Waals surface area contributed by atoms with E-state index in [0.717, 1.165) is 5.69 Å². The summed E-state index contributed by atoms with van der Waals surface area (Å²) in [5.41, 5.74) is 0.439. The molecule has 2 aromatic heterocycles. The first-order valence-corrected chi connectivity index (χ1v) is 10.6. The molecule has 0 aliphatic carbocycles. The number of piperazine rings is 1. The normalized spacial score (nSPS) is 24.5. The van der Waals surface area contributed by atoms with E-state index >= 15 is 0 Å². The molecule has 2 aliphatic heterocycles. The Balaban J connectivity index is 1.61. The standard InChI is InChI=1S/C18H20N4O4S/c23-17-14(5-3-7-20-17)18(24)22-9-8-21(10-13-4-1-2-6-19-13)15-11-27(25,26)12-16(15)22/h1-7,15-16H,8-12H2,(H,20,23)/t15-,16+/m1/s1. The Bertz CT molecular complexity index is 1010. The second-order valence-electron chi connectivity index (χ2n) is 6.91.